The van der Waals surface area contributed by atoms with Crippen LogP contribution in [0, 0.1) is 13.8 Å². The van der Waals surface area contributed by atoms with Crippen LogP contribution in [0.3, 0.4) is 0 Å². The van der Waals surface area contributed by atoms with Crippen molar-refractivity contribution in [1.82, 2.24) is 9.47 Å². The lowest BCUT2D eigenvalue weighted by molar-refractivity contribution is -0.130. The summed E-state index contributed by atoms with van der Waals surface area (Å²) in [6.45, 7) is 5.25. The van der Waals surface area contributed by atoms with Crippen LogP contribution < -0.4 is 10.3 Å². The first-order valence-corrected chi connectivity index (χ1v) is 9.10. The molecule has 1 aromatic carbocycles. The Bertz CT molecular complexity index is 857. The van der Waals surface area contributed by atoms with E-state index < -0.39 is 0 Å². The molecule has 5 nitrogen and oxygen atoms in total. The molecular formula is C21H26N2O3. The number of hydrogen-bond donors (Lipinski definition) is 0. The maximum Gasteiger partial charge on any atom is 0.254 e. The minimum absolute atomic E-state index is 0.0519. The Hall–Kier alpha value is -2.56. The van der Waals surface area contributed by atoms with Crippen LogP contribution in [-0.2, 0) is 18.3 Å². The van der Waals surface area contributed by atoms with E-state index in [0.29, 0.717) is 25.3 Å². The zero-order chi connectivity index (χ0) is 18.7. The molecule has 1 aliphatic heterocycles. The molecule has 26 heavy (non-hydrogen) atoms. The predicted molar refractivity (Wildman–Crippen MR) is 102 cm³/mol. The molecule has 1 unspecified atom stereocenters. The van der Waals surface area contributed by atoms with Gasteiger partial charge < -0.3 is 14.2 Å². The van der Waals surface area contributed by atoms with Crippen molar-refractivity contribution in [2.45, 2.75) is 39.2 Å². The van der Waals surface area contributed by atoms with Gasteiger partial charge in [0.1, 0.15) is 11.9 Å². The molecule has 3 rings (SSSR count). The number of carbonyl (C=O) groups is 1. The van der Waals surface area contributed by atoms with Crippen LogP contribution in [0.1, 0.15) is 29.7 Å². The maximum absolute atomic E-state index is 12.5. The molecule has 0 radical (unpaired) electrons. The van der Waals surface area contributed by atoms with Crippen molar-refractivity contribution in [3.63, 3.8) is 0 Å². The van der Waals surface area contributed by atoms with Crippen molar-refractivity contribution >= 4 is 5.91 Å². The van der Waals surface area contributed by atoms with Gasteiger partial charge in [-0.1, -0.05) is 24.3 Å². The fourth-order valence-corrected chi connectivity index (χ4v) is 3.34. The highest BCUT2D eigenvalue weighted by Gasteiger charge is 2.27. The summed E-state index contributed by atoms with van der Waals surface area (Å²) >= 11 is 0. The number of nitrogens with zero attached hydrogens (tertiary/aromatic N) is 2. The number of carbonyl (C=O) groups excluding carboxylic acids is 1. The fraction of sp³-hybridized carbons (Fsp3) is 0.429. The molecule has 0 N–H and O–H groups in total. The molecule has 1 amide bonds. The van der Waals surface area contributed by atoms with E-state index in [1.807, 2.05) is 30.0 Å². The van der Waals surface area contributed by atoms with Crippen LogP contribution in [0.25, 0.3) is 0 Å². The number of ether oxygens (including phenoxy) is 1. The molecule has 1 fully saturated rings. The Balaban J connectivity index is 1.54. The first kappa shape index (κ1) is 18.2. The van der Waals surface area contributed by atoms with Crippen LogP contribution in [0.4, 0.5) is 0 Å². The third-order valence-electron chi connectivity index (χ3n) is 5.15. The van der Waals surface area contributed by atoms with Gasteiger partial charge in [-0.15, -0.1) is 0 Å². The molecule has 0 spiro atoms. The van der Waals surface area contributed by atoms with Crippen molar-refractivity contribution in [2.75, 3.05) is 13.1 Å². The number of pyridine rings is 1. The number of likely N-dealkylation sites (tertiary alicyclic amines) is 1. The van der Waals surface area contributed by atoms with Crippen LogP contribution in [0.2, 0.25) is 0 Å². The molecular weight excluding hydrogens is 328 g/mol. The molecule has 1 atom stereocenters. The minimum atomic E-state index is -0.0795. The number of rotatable bonds is 5. The van der Waals surface area contributed by atoms with Gasteiger partial charge >= 0.3 is 0 Å². The highest BCUT2D eigenvalue weighted by Crippen LogP contribution is 2.19. The molecule has 1 aromatic heterocycles. The van der Waals surface area contributed by atoms with Crippen molar-refractivity contribution < 1.29 is 9.53 Å². The molecule has 5 heteroatoms. The van der Waals surface area contributed by atoms with E-state index in [0.717, 1.165) is 18.5 Å². The van der Waals surface area contributed by atoms with E-state index in [1.54, 1.807) is 11.6 Å². The smallest absolute Gasteiger partial charge is 0.254 e. The monoisotopic (exact) mass is 354 g/mol. The summed E-state index contributed by atoms with van der Waals surface area (Å²) in [7, 11) is 1.74. The van der Waals surface area contributed by atoms with E-state index in [1.165, 1.54) is 17.2 Å². The second-order valence-electron chi connectivity index (χ2n) is 7.02. The molecule has 1 saturated heterocycles. The average Bonchev–Trinajstić information content (AvgIpc) is 3.07. The van der Waals surface area contributed by atoms with E-state index >= 15 is 0 Å². The zero-order valence-electron chi connectivity index (χ0n) is 15.7. The largest absolute Gasteiger partial charge is 0.488 e. The SMILES string of the molecule is Cc1ccccc1CCC(=O)N1CCC(Oc2cc(C)n(C)c(=O)c2)C1. The lowest BCUT2D eigenvalue weighted by atomic mass is 10.0. The Morgan fingerprint density at radius 1 is 1.23 bits per heavy atom. The van der Waals surface area contributed by atoms with E-state index in [9.17, 15) is 9.59 Å². The van der Waals surface area contributed by atoms with Gasteiger partial charge in [-0.3, -0.25) is 9.59 Å². The van der Waals surface area contributed by atoms with Gasteiger partial charge in [0.2, 0.25) is 5.91 Å². The van der Waals surface area contributed by atoms with Gasteiger partial charge in [0.05, 0.1) is 6.54 Å². The van der Waals surface area contributed by atoms with Crippen molar-refractivity contribution in [1.29, 1.82) is 0 Å². The second-order valence-corrected chi connectivity index (χ2v) is 7.02. The molecule has 0 aliphatic carbocycles. The minimum Gasteiger partial charge on any atom is -0.488 e. The molecule has 0 bridgehead atoms. The summed E-state index contributed by atoms with van der Waals surface area (Å²) < 4.78 is 7.53. The summed E-state index contributed by atoms with van der Waals surface area (Å²) in [6.07, 6.45) is 2.03. The molecule has 1 aliphatic rings. The average molecular weight is 354 g/mol. The lowest BCUT2D eigenvalue weighted by Crippen LogP contribution is -2.31. The highest BCUT2D eigenvalue weighted by molar-refractivity contribution is 5.76. The Morgan fingerprint density at radius 3 is 2.73 bits per heavy atom. The van der Waals surface area contributed by atoms with Crippen LogP contribution in [-0.4, -0.2) is 34.6 Å². The number of aromatic nitrogens is 1. The van der Waals surface area contributed by atoms with E-state index in [4.69, 9.17) is 4.74 Å². The fourth-order valence-electron chi connectivity index (χ4n) is 3.34. The van der Waals surface area contributed by atoms with Gasteiger partial charge in [0, 0.05) is 38.2 Å². The van der Waals surface area contributed by atoms with Gasteiger partial charge in [-0.05, 0) is 37.5 Å². The van der Waals surface area contributed by atoms with Gasteiger partial charge in [-0.2, -0.15) is 0 Å². The normalized spacial score (nSPS) is 16.7. The first-order valence-electron chi connectivity index (χ1n) is 9.10. The highest BCUT2D eigenvalue weighted by atomic mass is 16.5. The van der Waals surface area contributed by atoms with Crippen LogP contribution >= 0.6 is 0 Å². The Labute approximate surface area is 154 Å². The van der Waals surface area contributed by atoms with Crippen molar-refractivity contribution in [3.05, 3.63) is 63.6 Å². The maximum atomic E-state index is 12.5. The van der Waals surface area contributed by atoms with Crippen molar-refractivity contribution in [2.24, 2.45) is 7.05 Å². The third kappa shape index (κ3) is 4.15. The zero-order valence-corrected chi connectivity index (χ0v) is 15.7. The van der Waals surface area contributed by atoms with Crippen LogP contribution in [0.5, 0.6) is 5.75 Å². The topological polar surface area (TPSA) is 51.5 Å². The molecule has 0 saturated carbocycles. The van der Waals surface area contributed by atoms with Gasteiger partial charge in [0.15, 0.2) is 0 Å². The summed E-state index contributed by atoms with van der Waals surface area (Å²) in [5.74, 6) is 0.754. The van der Waals surface area contributed by atoms with Gasteiger partial charge in [-0.25, -0.2) is 0 Å². The Kier molecular flexibility index (Phi) is 5.45. The number of aryl methyl sites for hydroxylation is 3. The Morgan fingerprint density at radius 2 is 2.00 bits per heavy atom. The molecule has 2 heterocycles. The molecule has 138 valence electrons. The summed E-state index contributed by atoms with van der Waals surface area (Å²) in [5.41, 5.74) is 3.23. The number of amides is 1. The summed E-state index contributed by atoms with van der Waals surface area (Å²) in [6, 6.07) is 11.6. The number of hydrogen-bond acceptors (Lipinski definition) is 3. The lowest BCUT2D eigenvalue weighted by Gasteiger charge is -2.18. The van der Waals surface area contributed by atoms with E-state index in [-0.39, 0.29) is 17.6 Å². The predicted octanol–water partition coefficient (Wildman–Crippen LogP) is 2.61. The van der Waals surface area contributed by atoms with E-state index in [2.05, 4.69) is 19.1 Å². The summed E-state index contributed by atoms with van der Waals surface area (Å²) in [4.78, 5) is 26.2. The quantitative estimate of drug-likeness (QED) is 0.829. The summed E-state index contributed by atoms with van der Waals surface area (Å²) in [5, 5.41) is 0. The second kappa shape index (κ2) is 7.77. The standard InChI is InChI=1S/C21H26N2O3/c1-15-6-4-5-7-17(15)8-9-20(24)23-11-10-18(14-23)26-19-12-16(2)22(3)21(25)13-19/h4-7,12-13,18H,8-11,14H2,1-3H3. The number of benzene rings is 1. The third-order valence-corrected chi connectivity index (χ3v) is 5.15. The first-order chi connectivity index (χ1) is 12.4. The van der Waals surface area contributed by atoms with Crippen molar-refractivity contribution in [3.8, 4) is 5.75 Å². The van der Waals surface area contributed by atoms with Gasteiger partial charge in [0.25, 0.3) is 5.56 Å². The molecule has 2 aromatic rings. The van der Waals surface area contributed by atoms with Crippen LogP contribution in [0.15, 0.2) is 41.2 Å².